The maximum absolute atomic E-state index is 11.5. The van der Waals surface area contributed by atoms with E-state index in [1.54, 1.807) is 5.57 Å². The highest BCUT2D eigenvalue weighted by molar-refractivity contribution is 5.69. The normalized spacial score (nSPS) is 39.8. The van der Waals surface area contributed by atoms with E-state index >= 15 is 0 Å². The maximum Gasteiger partial charge on any atom is 0.305 e. The molecule has 4 aliphatic rings. The van der Waals surface area contributed by atoms with Crippen LogP contribution in [-0.4, -0.2) is 38.2 Å². The van der Waals surface area contributed by atoms with Crippen LogP contribution in [0.3, 0.4) is 0 Å². The summed E-state index contributed by atoms with van der Waals surface area (Å²) in [6, 6.07) is 0. The van der Waals surface area contributed by atoms with Crippen LogP contribution in [-0.2, 0) is 19.1 Å². The lowest BCUT2D eigenvalue weighted by Gasteiger charge is -2.58. The summed E-state index contributed by atoms with van der Waals surface area (Å²) >= 11 is 0. The SMILES string of the molecule is COC(=O)CCCNC[C@@H](C)[C@H]1CC[C@H]2[C@@H]3CC=C4C[C@@H](OC(C)=O)CC[C@]4(C)[C@H]3CC[C@]12C. The molecule has 8 atom stereocenters. The van der Waals surface area contributed by atoms with E-state index in [4.69, 9.17) is 9.47 Å². The van der Waals surface area contributed by atoms with Crippen molar-refractivity contribution in [2.24, 2.45) is 40.4 Å². The topological polar surface area (TPSA) is 64.6 Å². The van der Waals surface area contributed by atoms with Gasteiger partial charge in [0.15, 0.2) is 0 Å². The second-order valence-electron chi connectivity index (χ2n) is 12.3. The molecule has 5 heteroatoms. The molecule has 0 amide bonds. The molecule has 0 aliphatic heterocycles. The number of nitrogens with one attached hydrogen (secondary N) is 1. The average molecular weight is 474 g/mol. The second-order valence-corrected chi connectivity index (χ2v) is 12.3. The van der Waals surface area contributed by atoms with Crippen LogP contribution in [0.5, 0.6) is 0 Å². The Bertz CT molecular complexity index is 793. The number of ether oxygens (including phenoxy) is 2. The Hall–Kier alpha value is -1.36. The van der Waals surface area contributed by atoms with Gasteiger partial charge < -0.3 is 14.8 Å². The number of fused-ring (bicyclic) bond motifs is 5. The standard InChI is InChI=1S/C29H47NO4/c1-19(18-30-16-6-7-27(32)33-5)24-10-11-25-23-9-8-21-17-22(34-20(2)31)12-14-28(21,3)26(23)13-15-29(24,25)4/h8,19,22-26,30H,6-7,9-18H2,1-5H3/t19-,22+,23+,24-,25+,26+,28+,29-/m1/s1. The zero-order valence-electron chi connectivity index (χ0n) is 22.2. The Morgan fingerprint density at radius 3 is 2.68 bits per heavy atom. The number of esters is 2. The number of rotatable bonds is 8. The zero-order valence-corrected chi connectivity index (χ0v) is 22.2. The van der Waals surface area contributed by atoms with Crippen LogP contribution in [0.2, 0.25) is 0 Å². The maximum atomic E-state index is 11.5. The van der Waals surface area contributed by atoms with Gasteiger partial charge in [0.2, 0.25) is 0 Å². The fourth-order valence-electron chi connectivity index (χ4n) is 8.87. The number of hydrogen-bond acceptors (Lipinski definition) is 5. The summed E-state index contributed by atoms with van der Waals surface area (Å²) in [5.74, 6) is 3.62. The molecule has 0 aromatic rings. The predicted molar refractivity (Wildman–Crippen MR) is 134 cm³/mol. The molecule has 0 saturated heterocycles. The van der Waals surface area contributed by atoms with E-state index < -0.39 is 0 Å². The fourth-order valence-corrected chi connectivity index (χ4v) is 8.87. The fraction of sp³-hybridized carbons (Fsp3) is 0.862. The summed E-state index contributed by atoms with van der Waals surface area (Å²) < 4.78 is 10.3. The molecule has 0 radical (unpaired) electrons. The van der Waals surface area contributed by atoms with Gasteiger partial charge in [0.05, 0.1) is 7.11 Å². The summed E-state index contributed by atoms with van der Waals surface area (Å²) in [6.07, 6.45) is 13.8. The highest BCUT2D eigenvalue weighted by Crippen LogP contribution is 2.67. The Morgan fingerprint density at radius 1 is 1.15 bits per heavy atom. The van der Waals surface area contributed by atoms with Crippen molar-refractivity contribution in [3.8, 4) is 0 Å². The van der Waals surface area contributed by atoms with Gasteiger partial charge in [0.25, 0.3) is 0 Å². The summed E-state index contributed by atoms with van der Waals surface area (Å²) in [5, 5.41) is 3.62. The summed E-state index contributed by atoms with van der Waals surface area (Å²) in [6.45, 7) is 11.0. The van der Waals surface area contributed by atoms with Crippen LogP contribution in [0.1, 0.15) is 91.9 Å². The molecule has 0 spiro atoms. The number of carbonyl (C=O) groups is 2. The molecule has 5 nitrogen and oxygen atoms in total. The van der Waals surface area contributed by atoms with E-state index in [1.165, 1.54) is 46.1 Å². The first-order valence-electron chi connectivity index (χ1n) is 13.8. The molecule has 3 fully saturated rings. The summed E-state index contributed by atoms with van der Waals surface area (Å²) in [5.41, 5.74) is 2.32. The highest BCUT2D eigenvalue weighted by Gasteiger charge is 2.59. The molecule has 0 bridgehead atoms. The molecule has 1 N–H and O–H groups in total. The van der Waals surface area contributed by atoms with Crippen molar-refractivity contribution in [3.63, 3.8) is 0 Å². The molecule has 0 heterocycles. The quantitative estimate of drug-likeness (QED) is 0.279. The minimum Gasteiger partial charge on any atom is -0.469 e. The lowest BCUT2D eigenvalue weighted by Crippen LogP contribution is -2.51. The lowest BCUT2D eigenvalue weighted by molar-refractivity contribution is -0.148. The monoisotopic (exact) mass is 473 g/mol. The van der Waals surface area contributed by atoms with E-state index in [0.717, 1.165) is 62.4 Å². The second kappa shape index (κ2) is 10.3. The van der Waals surface area contributed by atoms with E-state index in [1.807, 2.05) is 0 Å². The van der Waals surface area contributed by atoms with Crippen molar-refractivity contribution < 1.29 is 19.1 Å². The van der Waals surface area contributed by atoms with Crippen molar-refractivity contribution in [1.82, 2.24) is 5.32 Å². The molecule has 192 valence electrons. The molecule has 4 aliphatic carbocycles. The third kappa shape index (κ3) is 4.83. The molecular weight excluding hydrogens is 426 g/mol. The van der Waals surface area contributed by atoms with Crippen molar-refractivity contribution in [2.45, 2.75) is 98.0 Å². The number of carbonyl (C=O) groups excluding carboxylic acids is 2. The van der Waals surface area contributed by atoms with Gasteiger partial charge in [-0.15, -0.1) is 0 Å². The van der Waals surface area contributed by atoms with Gasteiger partial charge in [0.1, 0.15) is 6.10 Å². The number of methoxy groups -OCH3 is 1. The average Bonchev–Trinajstić information content (AvgIpc) is 3.15. The van der Waals surface area contributed by atoms with E-state index in [0.29, 0.717) is 23.2 Å². The van der Waals surface area contributed by atoms with Gasteiger partial charge in [-0.1, -0.05) is 32.4 Å². The van der Waals surface area contributed by atoms with Crippen LogP contribution in [0, 0.1) is 40.4 Å². The third-order valence-electron chi connectivity index (χ3n) is 10.6. The third-order valence-corrected chi connectivity index (χ3v) is 10.6. The minimum atomic E-state index is -0.139. The first-order chi connectivity index (χ1) is 16.2. The predicted octanol–water partition coefficient (Wildman–Crippen LogP) is 5.68. The summed E-state index contributed by atoms with van der Waals surface area (Å²) in [7, 11) is 1.46. The first-order valence-corrected chi connectivity index (χ1v) is 13.8. The smallest absolute Gasteiger partial charge is 0.305 e. The van der Waals surface area contributed by atoms with Gasteiger partial charge >= 0.3 is 11.9 Å². The summed E-state index contributed by atoms with van der Waals surface area (Å²) in [4.78, 5) is 22.8. The molecule has 4 rings (SSSR count). The van der Waals surface area contributed by atoms with Crippen LogP contribution in [0.25, 0.3) is 0 Å². The molecule has 0 unspecified atom stereocenters. The van der Waals surface area contributed by atoms with Gasteiger partial charge in [0, 0.05) is 19.8 Å². The van der Waals surface area contributed by atoms with E-state index in [-0.39, 0.29) is 18.0 Å². The minimum absolute atomic E-state index is 0.0825. The van der Waals surface area contributed by atoms with Crippen molar-refractivity contribution in [1.29, 1.82) is 0 Å². The Balaban J connectivity index is 1.37. The Morgan fingerprint density at radius 2 is 1.94 bits per heavy atom. The van der Waals surface area contributed by atoms with E-state index in [2.05, 4.69) is 32.2 Å². The van der Waals surface area contributed by atoms with Crippen LogP contribution in [0.4, 0.5) is 0 Å². The molecule has 34 heavy (non-hydrogen) atoms. The van der Waals surface area contributed by atoms with Crippen molar-refractivity contribution in [2.75, 3.05) is 20.2 Å². The molecule has 0 aromatic heterocycles. The van der Waals surface area contributed by atoms with Gasteiger partial charge in [-0.05, 0) is 105 Å². The molecule has 3 saturated carbocycles. The molecule has 0 aromatic carbocycles. The van der Waals surface area contributed by atoms with Crippen LogP contribution < -0.4 is 5.32 Å². The lowest BCUT2D eigenvalue weighted by atomic mass is 9.47. The Labute approximate surface area is 206 Å². The number of allylic oxidation sites excluding steroid dienone is 1. The van der Waals surface area contributed by atoms with Crippen molar-refractivity contribution in [3.05, 3.63) is 11.6 Å². The van der Waals surface area contributed by atoms with Crippen molar-refractivity contribution >= 4 is 11.9 Å². The highest BCUT2D eigenvalue weighted by atomic mass is 16.5. The molecular formula is C29H47NO4. The zero-order chi connectivity index (χ0) is 24.5. The van der Waals surface area contributed by atoms with E-state index in [9.17, 15) is 9.59 Å². The number of hydrogen-bond donors (Lipinski definition) is 1. The van der Waals surface area contributed by atoms with Crippen LogP contribution in [0.15, 0.2) is 11.6 Å². The largest absolute Gasteiger partial charge is 0.469 e. The first kappa shape index (κ1) is 25.7. The van der Waals surface area contributed by atoms with Gasteiger partial charge in [-0.3, -0.25) is 9.59 Å². The van der Waals surface area contributed by atoms with Gasteiger partial charge in [-0.2, -0.15) is 0 Å². The van der Waals surface area contributed by atoms with Crippen LogP contribution >= 0.6 is 0 Å². The Kier molecular flexibility index (Phi) is 7.81. The van der Waals surface area contributed by atoms with Gasteiger partial charge in [-0.25, -0.2) is 0 Å².